The van der Waals surface area contributed by atoms with Crippen molar-refractivity contribution in [2.75, 3.05) is 53.6 Å². The Kier molecular flexibility index (Phi) is 7.23. The third-order valence-electron chi connectivity index (χ3n) is 2.58. The lowest BCUT2D eigenvalue weighted by atomic mass is 10.4. The Morgan fingerprint density at radius 3 is 2.15 bits per heavy atom. The van der Waals surface area contributed by atoms with E-state index in [9.17, 15) is 0 Å². The Hall–Kier alpha value is -0.120. The minimum Gasteiger partial charge on any atom is -0.379 e. The first-order valence-corrected chi connectivity index (χ1v) is 5.08. The summed E-state index contributed by atoms with van der Waals surface area (Å²) in [6.45, 7) is 10.0. The van der Waals surface area contributed by atoms with Crippen LogP contribution in [0.1, 0.15) is 13.8 Å². The SMILES string of the molecule is CCOCC[N+](C)(CC)CCOC. The zero-order valence-electron chi connectivity index (χ0n) is 9.51. The van der Waals surface area contributed by atoms with Crippen molar-refractivity contribution in [3.8, 4) is 0 Å². The molecule has 0 spiro atoms. The molecular weight excluding hydrogens is 166 g/mol. The van der Waals surface area contributed by atoms with Crippen LogP contribution in [0.3, 0.4) is 0 Å². The number of methoxy groups -OCH3 is 1. The van der Waals surface area contributed by atoms with E-state index < -0.39 is 0 Å². The van der Waals surface area contributed by atoms with Crippen molar-refractivity contribution in [2.45, 2.75) is 13.8 Å². The third-order valence-corrected chi connectivity index (χ3v) is 2.58. The molecule has 0 aromatic heterocycles. The average molecular weight is 190 g/mol. The van der Waals surface area contributed by atoms with Crippen LogP contribution in [0.25, 0.3) is 0 Å². The van der Waals surface area contributed by atoms with Gasteiger partial charge in [0.25, 0.3) is 0 Å². The van der Waals surface area contributed by atoms with E-state index >= 15 is 0 Å². The molecule has 13 heavy (non-hydrogen) atoms. The highest BCUT2D eigenvalue weighted by atomic mass is 16.5. The molecule has 0 bridgehead atoms. The lowest BCUT2D eigenvalue weighted by Crippen LogP contribution is -2.48. The predicted octanol–water partition coefficient (Wildman–Crippen LogP) is 1.14. The van der Waals surface area contributed by atoms with Gasteiger partial charge in [0.1, 0.15) is 13.1 Å². The Bertz CT molecular complexity index is 119. The second-order valence-electron chi connectivity index (χ2n) is 3.57. The fourth-order valence-corrected chi connectivity index (χ4v) is 1.17. The van der Waals surface area contributed by atoms with E-state index in [1.165, 1.54) is 0 Å². The summed E-state index contributed by atoms with van der Waals surface area (Å²) in [7, 11) is 4.00. The summed E-state index contributed by atoms with van der Waals surface area (Å²) in [4.78, 5) is 0. The lowest BCUT2D eigenvalue weighted by Gasteiger charge is -2.32. The second-order valence-corrected chi connectivity index (χ2v) is 3.57. The number of nitrogens with zero attached hydrogens (tertiary/aromatic N) is 1. The molecule has 3 nitrogen and oxygen atoms in total. The van der Waals surface area contributed by atoms with E-state index in [1.807, 2.05) is 6.92 Å². The van der Waals surface area contributed by atoms with Crippen LogP contribution in [0.4, 0.5) is 0 Å². The van der Waals surface area contributed by atoms with Crippen LogP contribution >= 0.6 is 0 Å². The van der Waals surface area contributed by atoms with E-state index in [0.29, 0.717) is 0 Å². The molecule has 0 amide bonds. The van der Waals surface area contributed by atoms with Crippen LogP contribution in [0, 0.1) is 0 Å². The highest BCUT2D eigenvalue weighted by Gasteiger charge is 2.17. The molecule has 0 heterocycles. The molecular formula is C10H24NO2+. The maximum Gasteiger partial charge on any atom is 0.102 e. The molecule has 0 aromatic rings. The summed E-state index contributed by atoms with van der Waals surface area (Å²) >= 11 is 0. The van der Waals surface area contributed by atoms with Gasteiger partial charge >= 0.3 is 0 Å². The van der Waals surface area contributed by atoms with E-state index in [-0.39, 0.29) is 0 Å². The van der Waals surface area contributed by atoms with Crippen LogP contribution < -0.4 is 0 Å². The molecule has 0 N–H and O–H groups in total. The Labute approximate surface area is 82.2 Å². The quantitative estimate of drug-likeness (QED) is 0.422. The lowest BCUT2D eigenvalue weighted by molar-refractivity contribution is -0.908. The first kappa shape index (κ1) is 12.9. The van der Waals surface area contributed by atoms with Gasteiger partial charge in [-0.2, -0.15) is 0 Å². The number of quaternary nitrogens is 1. The van der Waals surface area contributed by atoms with Gasteiger partial charge in [0.15, 0.2) is 0 Å². The van der Waals surface area contributed by atoms with Crippen molar-refractivity contribution in [3.05, 3.63) is 0 Å². The van der Waals surface area contributed by atoms with Gasteiger partial charge in [-0.3, -0.25) is 0 Å². The first-order chi connectivity index (χ1) is 6.18. The number of ether oxygens (including phenoxy) is 2. The molecule has 0 aliphatic heterocycles. The highest BCUT2D eigenvalue weighted by molar-refractivity contribution is 4.37. The van der Waals surface area contributed by atoms with E-state index in [4.69, 9.17) is 9.47 Å². The Morgan fingerprint density at radius 2 is 1.69 bits per heavy atom. The summed E-state index contributed by atoms with van der Waals surface area (Å²) in [6.07, 6.45) is 0. The maximum atomic E-state index is 5.35. The molecule has 80 valence electrons. The van der Waals surface area contributed by atoms with E-state index in [2.05, 4.69) is 14.0 Å². The summed E-state index contributed by atoms with van der Waals surface area (Å²) in [5, 5.41) is 0. The van der Waals surface area contributed by atoms with Gasteiger partial charge in [0, 0.05) is 13.7 Å². The smallest absolute Gasteiger partial charge is 0.102 e. The highest BCUT2D eigenvalue weighted by Crippen LogP contribution is 2.01. The summed E-state index contributed by atoms with van der Waals surface area (Å²) in [6, 6.07) is 0. The monoisotopic (exact) mass is 190 g/mol. The molecule has 0 aliphatic rings. The van der Waals surface area contributed by atoms with Crippen molar-refractivity contribution in [1.29, 1.82) is 0 Å². The van der Waals surface area contributed by atoms with Crippen molar-refractivity contribution >= 4 is 0 Å². The van der Waals surface area contributed by atoms with Crippen LogP contribution in [-0.2, 0) is 9.47 Å². The maximum absolute atomic E-state index is 5.35. The van der Waals surface area contributed by atoms with Gasteiger partial charge in [0.2, 0.25) is 0 Å². The van der Waals surface area contributed by atoms with Crippen LogP contribution in [0.2, 0.25) is 0 Å². The van der Waals surface area contributed by atoms with Gasteiger partial charge in [0.05, 0.1) is 26.8 Å². The van der Waals surface area contributed by atoms with Crippen molar-refractivity contribution in [2.24, 2.45) is 0 Å². The van der Waals surface area contributed by atoms with E-state index in [1.54, 1.807) is 7.11 Å². The predicted molar refractivity (Wildman–Crippen MR) is 54.8 cm³/mol. The molecule has 0 aliphatic carbocycles. The average Bonchev–Trinajstić information content (AvgIpc) is 2.15. The number of rotatable bonds is 8. The van der Waals surface area contributed by atoms with Crippen molar-refractivity contribution in [1.82, 2.24) is 0 Å². The fraction of sp³-hybridized carbons (Fsp3) is 1.00. The fourth-order valence-electron chi connectivity index (χ4n) is 1.17. The van der Waals surface area contributed by atoms with Crippen LogP contribution in [0.15, 0.2) is 0 Å². The van der Waals surface area contributed by atoms with Gasteiger partial charge in [-0.1, -0.05) is 0 Å². The van der Waals surface area contributed by atoms with Gasteiger partial charge in [-0.25, -0.2) is 0 Å². The summed E-state index contributed by atoms with van der Waals surface area (Å²) in [5.41, 5.74) is 0. The van der Waals surface area contributed by atoms with Crippen molar-refractivity contribution < 1.29 is 14.0 Å². The largest absolute Gasteiger partial charge is 0.379 e. The zero-order chi connectivity index (χ0) is 10.2. The van der Waals surface area contributed by atoms with Gasteiger partial charge in [-0.05, 0) is 13.8 Å². The topological polar surface area (TPSA) is 18.5 Å². The molecule has 0 fully saturated rings. The summed E-state index contributed by atoms with van der Waals surface area (Å²) < 4.78 is 11.5. The molecule has 0 aromatic carbocycles. The second kappa shape index (κ2) is 7.30. The molecule has 1 atom stereocenters. The molecule has 3 heteroatoms. The first-order valence-electron chi connectivity index (χ1n) is 5.08. The summed E-state index contributed by atoms with van der Waals surface area (Å²) in [5.74, 6) is 0. The minimum absolute atomic E-state index is 0.813. The molecule has 0 rings (SSSR count). The van der Waals surface area contributed by atoms with Gasteiger partial charge < -0.3 is 14.0 Å². The number of hydrogen-bond donors (Lipinski definition) is 0. The normalized spacial score (nSPS) is 15.7. The number of likely N-dealkylation sites (N-methyl/N-ethyl adjacent to an activating group) is 1. The van der Waals surface area contributed by atoms with Gasteiger partial charge in [-0.15, -0.1) is 0 Å². The Balaban J connectivity index is 3.67. The van der Waals surface area contributed by atoms with Crippen molar-refractivity contribution in [3.63, 3.8) is 0 Å². The van der Waals surface area contributed by atoms with Crippen LogP contribution in [-0.4, -0.2) is 58.1 Å². The minimum atomic E-state index is 0.813. The molecule has 0 radical (unpaired) electrons. The standard InChI is InChI=1S/C10H24NO2/c1-5-11(3,7-9-12-4)8-10-13-6-2/h5-10H2,1-4H3/q+1. The molecule has 0 saturated heterocycles. The third kappa shape index (κ3) is 6.02. The number of hydrogen-bond acceptors (Lipinski definition) is 2. The van der Waals surface area contributed by atoms with Crippen LogP contribution in [0.5, 0.6) is 0 Å². The zero-order valence-corrected chi connectivity index (χ0v) is 9.51. The van der Waals surface area contributed by atoms with E-state index in [0.717, 1.165) is 43.9 Å². The Morgan fingerprint density at radius 1 is 1.08 bits per heavy atom. The molecule has 1 unspecified atom stereocenters. The molecule has 0 saturated carbocycles.